The van der Waals surface area contributed by atoms with Crippen LogP contribution in [0.25, 0.3) is 0 Å². The molecule has 0 amide bonds. The fourth-order valence-electron chi connectivity index (χ4n) is 3.20. The van der Waals surface area contributed by atoms with Crippen molar-refractivity contribution in [2.75, 3.05) is 18.4 Å². The van der Waals surface area contributed by atoms with E-state index in [4.69, 9.17) is 0 Å². The molecule has 1 aliphatic rings. The van der Waals surface area contributed by atoms with Crippen LogP contribution in [0.3, 0.4) is 0 Å². The van der Waals surface area contributed by atoms with Crippen molar-refractivity contribution in [2.45, 2.75) is 46.8 Å². The molecule has 0 aliphatic carbocycles. The third-order valence-corrected chi connectivity index (χ3v) is 9.79. The zero-order valence-corrected chi connectivity index (χ0v) is 18.8. The zero-order valence-electron chi connectivity index (χ0n) is 16.0. The first-order valence-corrected chi connectivity index (χ1v) is 19.0. The molecule has 0 unspecified atom stereocenters. The van der Waals surface area contributed by atoms with Crippen molar-refractivity contribution in [1.29, 1.82) is 0 Å². The molecule has 0 spiro atoms. The molecule has 2 aromatic heterocycles. The van der Waals surface area contributed by atoms with Gasteiger partial charge in [-0.05, 0) is 0 Å². The summed E-state index contributed by atoms with van der Waals surface area (Å²) in [7, 11) is 0. The monoisotopic (exact) mass is 490 g/mol. The van der Waals surface area contributed by atoms with Crippen molar-refractivity contribution in [3.8, 4) is 0 Å². The third-order valence-electron chi connectivity index (χ3n) is 4.65. The van der Waals surface area contributed by atoms with Crippen LogP contribution in [0.5, 0.6) is 0 Å². The van der Waals surface area contributed by atoms with Gasteiger partial charge in [0, 0.05) is 0 Å². The van der Waals surface area contributed by atoms with E-state index in [1.165, 1.54) is 0 Å². The fraction of sp³-hybridized carbons (Fsp3) is 0.588. The summed E-state index contributed by atoms with van der Waals surface area (Å²) < 4.78 is 42.1. The molecule has 3 heterocycles. The Bertz CT molecular complexity index is 806. The summed E-state index contributed by atoms with van der Waals surface area (Å²) in [5.74, 6) is 0.192. The van der Waals surface area contributed by atoms with Crippen LogP contribution in [-0.4, -0.2) is 51.2 Å². The second-order valence-corrected chi connectivity index (χ2v) is 22.1. The van der Waals surface area contributed by atoms with Gasteiger partial charge in [0.2, 0.25) is 0 Å². The number of halogens is 3. The first kappa shape index (κ1) is 20.4. The number of nitrogens with one attached hydrogen (secondary N) is 2. The van der Waals surface area contributed by atoms with E-state index in [9.17, 15) is 13.2 Å². The Labute approximate surface area is 160 Å². The first-order valence-electron chi connectivity index (χ1n) is 9.04. The van der Waals surface area contributed by atoms with Gasteiger partial charge in [-0.3, -0.25) is 0 Å². The van der Waals surface area contributed by atoms with Gasteiger partial charge in [-0.25, -0.2) is 0 Å². The molecule has 2 aromatic rings. The molecule has 1 saturated heterocycles. The summed E-state index contributed by atoms with van der Waals surface area (Å²) in [6.07, 6.45) is 0.361. The van der Waals surface area contributed by atoms with Gasteiger partial charge >= 0.3 is 161 Å². The molecule has 2 N–H and O–H groups in total. The van der Waals surface area contributed by atoms with Gasteiger partial charge in [0.1, 0.15) is 0 Å². The molecular formula is C17H25F3N6Sn. The molecule has 6 nitrogen and oxygen atoms in total. The first-order chi connectivity index (χ1) is 12.6. The predicted molar refractivity (Wildman–Crippen MR) is 101 cm³/mol. The molecule has 3 rings (SSSR count). The van der Waals surface area contributed by atoms with Crippen LogP contribution in [0.4, 0.5) is 24.8 Å². The molecule has 0 atom stereocenters. The maximum absolute atomic E-state index is 13.3. The summed E-state index contributed by atoms with van der Waals surface area (Å²) >= 11 is -3.10. The van der Waals surface area contributed by atoms with Crippen LogP contribution in [0.2, 0.25) is 14.8 Å². The molecule has 0 saturated carbocycles. The number of piperidine rings is 1. The minimum absolute atomic E-state index is 0.178. The van der Waals surface area contributed by atoms with E-state index in [0.29, 0.717) is 6.04 Å². The second kappa shape index (κ2) is 7.57. The topological polar surface area (TPSA) is 67.7 Å². The summed E-state index contributed by atoms with van der Waals surface area (Å²) in [4.78, 5) is 13.9. The van der Waals surface area contributed by atoms with Crippen LogP contribution in [0, 0.1) is 6.92 Å². The molecule has 148 valence electrons. The zero-order chi connectivity index (χ0) is 19.8. The molecule has 27 heavy (non-hydrogen) atoms. The summed E-state index contributed by atoms with van der Waals surface area (Å²) in [5.41, 5.74) is 0.791. The van der Waals surface area contributed by atoms with E-state index in [1.54, 1.807) is 0 Å². The summed E-state index contributed by atoms with van der Waals surface area (Å²) in [6, 6.07) is 0.329. The average Bonchev–Trinajstić information content (AvgIpc) is 2.95. The molecular weight excluding hydrogens is 464 g/mol. The predicted octanol–water partition coefficient (Wildman–Crippen LogP) is 3.21. The Morgan fingerprint density at radius 1 is 1.22 bits per heavy atom. The van der Waals surface area contributed by atoms with E-state index in [-0.39, 0.29) is 9.66 Å². The number of anilines is 2. The van der Waals surface area contributed by atoms with Crippen LogP contribution in [0.15, 0.2) is 12.4 Å². The Balaban J connectivity index is 1.89. The van der Waals surface area contributed by atoms with Crippen molar-refractivity contribution in [3.05, 3.63) is 23.7 Å². The normalized spacial score (nSPS) is 16.6. The van der Waals surface area contributed by atoms with Crippen molar-refractivity contribution in [3.63, 3.8) is 0 Å². The number of nitrogens with zero attached hydrogens (tertiary/aromatic N) is 4. The second-order valence-electron chi connectivity index (χ2n) is 7.92. The maximum atomic E-state index is 13.3. The fourth-order valence-corrected chi connectivity index (χ4v) is 7.36. The van der Waals surface area contributed by atoms with E-state index in [0.717, 1.165) is 43.5 Å². The number of rotatable bonds is 4. The van der Waals surface area contributed by atoms with Gasteiger partial charge in [0.15, 0.2) is 0 Å². The van der Waals surface area contributed by atoms with Crippen molar-refractivity contribution >= 4 is 33.7 Å². The van der Waals surface area contributed by atoms with Crippen LogP contribution in [-0.2, 0) is 6.18 Å². The van der Waals surface area contributed by atoms with E-state index >= 15 is 0 Å². The van der Waals surface area contributed by atoms with Crippen LogP contribution < -0.4 is 14.3 Å². The minimum atomic E-state index is -4.44. The van der Waals surface area contributed by atoms with Gasteiger partial charge in [-0.2, -0.15) is 0 Å². The third kappa shape index (κ3) is 4.74. The van der Waals surface area contributed by atoms with Gasteiger partial charge in [0.05, 0.1) is 0 Å². The summed E-state index contributed by atoms with van der Waals surface area (Å²) in [6.45, 7) is 3.78. The van der Waals surface area contributed by atoms with E-state index in [1.807, 2.05) is 32.6 Å². The standard InChI is InChI=1S/C14H16F3N6.3CH3.Sn/c1-9-12(8-23(22-9)11-2-4-18-5-3-11)21-13-19-6-10(7-20-13)14(15,16)17;;;;/h6,8,11,18H,2-5H2,1H3,(H,19,20,21);3*1H3;. The number of hydrogen-bond donors (Lipinski definition) is 2. The Kier molecular flexibility index (Phi) is 5.71. The molecule has 0 radical (unpaired) electrons. The number of hydrogen-bond acceptors (Lipinski definition) is 5. The quantitative estimate of drug-likeness (QED) is 0.647. The molecule has 1 fully saturated rings. The van der Waals surface area contributed by atoms with Gasteiger partial charge < -0.3 is 0 Å². The molecule has 10 heteroatoms. The number of aryl methyl sites for hydroxylation is 1. The van der Waals surface area contributed by atoms with Gasteiger partial charge in [-0.1, -0.05) is 0 Å². The number of alkyl halides is 3. The Morgan fingerprint density at radius 3 is 2.48 bits per heavy atom. The van der Waals surface area contributed by atoms with Crippen molar-refractivity contribution < 1.29 is 13.2 Å². The molecule has 0 bridgehead atoms. The SMILES string of the molecule is Cc1nn(C2CCNCC2)cc1Nc1ncc(C(F)(F)F)[c]([Sn]([CH3])([CH3])[CH3])n1. The van der Waals surface area contributed by atoms with Gasteiger partial charge in [-0.15, -0.1) is 0 Å². The Hall–Kier alpha value is -1.36. The molecule has 0 aromatic carbocycles. The average molecular weight is 489 g/mol. The van der Waals surface area contributed by atoms with E-state index < -0.39 is 30.1 Å². The van der Waals surface area contributed by atoms with E-state index in [2.05, 4.69) is 25.7 Å². The van der Waals surface area contributed by atoms with Gasteiger partial charge in [0.25, 0.3) is 0 Å². The number of aromatic nitrogens is 4. The Morgan fingerprint density at radius 2 is 1.89 bits per heavy atom. The van der Waals surface area contributed by atoms with Crippen molar-refractivity contribution in [2.24, 2.45) is 0 Å². The van der Waals surface area contributed by atoms with Crippen molar-refractivity contribution in [1.82, 2.24) is 25.1 Å². The molecule has 1 aliphatic heterocycles. The van der Waals surface area contributed by atoms with Crippen LogP contribution in [0.1, 0.15) is 30.1 Å². The summed E-state index contributed by atoms with van der Waals surface area (Å²) in [5, 5.41) is 11.0. The van der Waals surface area contributed by atoms with Crippen LogP contribution >= 0.6 is 0 Å².